The minimum absolute atomic E-state index is 0.258. The highest BCUT2D eigenvalue weighted by molar-refractivity contribution is 6.60. The Morgan fingerprint density at radius 2 is 1.58 bits per heavy atom. The van der Waals surface area contributed by atoms with Crippen LogP contribution in [-0.2, 0) is 29.9 Å². The molecular weight excluding hydrogens is 522 g/mol. The minimum Gasteiger partial charge on any atom is -0.424 e. The van der Waals surface area contributed by atoms with Crippen LogP contribution >= 0.6 is 11.6 Å². The maximum atomic E-state index is 12.5. The highest BCUT2D eigenvalue weighted by Gasteiger charge is 2.39. The van der Waals surface area contributed by atoms with Crippen molar-refractivity contribution >= 4 is 37.4 Å². The van der Waals surface area contributed by atoms with Gasteiger partial charge in [-0.05, 0) is 68.9 Å². The minimum atomic E-state index is -2.75. The van der Waals surface area contributed by atoms with Crippen LogP contribution in [0, 0.1) is 0 Å². The third-order valence-electron chi connectivity index (χ3n) is 6.04. The van der Waals surface area contributed by atoms with Gasteiger partial charge in [0.25, 0.3) is 0 Å². The molecule has 0 atom stereocenters. The van der Waals surface area contributed by atoms with E-state index in [9.17, 15) is 4.79 Å². The molecule has 0 spiro atoms. The van der Waals surface area contributed by atoms with Crippen molar-refractivity contribution < 1.29 is 22.8 Å². The van der Waals surface area contributed by atoms with Gasteiger partial charge in [0.15, 0.2) is 5.75 Å². The van der Waals surface area contributed by atoms with Crippen molar-refractivity contribution in [2.75, 3.05) is 19.8 Å². The Morgan fingerprint density at radius 3 is 2.16 bits per heavy atom. The number of benzene rings is 2. The second-order valence-electron chi connectivity index (χ2n) is 10.0. The first-order valence-electron chi connectivity index (χ1n) is 13.4. The predicted octanol–water partition coefficient (Wildman–Crippen LogP) is 6.67. The summed E-state index contributed by atoms with van der Waals surface area (Å²) in [5.41, 5.74) is 3.66. The lowest BCUT2D eigenvalue weighted by atomic mass is 9.84. The molecular formula is C28H40ClN3O5Si. The number of ether oxygens (including phenoxy) is 1. The number of esters is 1. The van der Waals surface area contributed by atoms with Crippen LogP contribution in [0.1, 0.15) is 72.4 Å². The first-order chi connectivity index (χ1) is 18.1. The Bertz CT molecular complexity index is 1220. The normalized spacial score (nSPS) is 12.3. The van der Waals surface area contributed by atoms with E-state index in [-0.39, 0.29) is 17.8 Å². The van der Waals surface area contributed by atoms with E-state index in [1.165, 1.54) is 4.80 Å². The second kappa shape index (κ2) is 13.2. The number of rotatable bonds is 13. The first kappa shape index (κ1) is 30.2. The highest BCUT2D eigenvalue weighted by Crippen LogP contribution is 2.38. The van der Waals surface area contributed by atoms with E-state index in [2.05, 4.69) is 37.0 Å². The molecule has 0 radical (unpaired) electrons. The summed E-state index contributed by atoms with van der Waals surface area (Å²) in [5.74, 6) is 0.159. The summed E-state index contributed by atoms with van der Waals surface area (Å²) in [6.07, 6.45) is 1.83. The number of carbonyl (C=O) groups is 1. The molecule has 10 heteroatoms. The number of aryl methyl sites for hydroxylation is 1. The molecule has 1 heterocycles. The topological polar surface area (TPSA) is 84.7 Å². The van der Waals surface area contributed by atoms with Gasteiger partial charge in [-0.1, -0.05) is 45.4 Å². The average Bonchev–Trinajstić information content (AvgIpc) is 3.27. The van der Waals surface area contributed by atoms with Gasteiger partial charge in [-0.3, -0.25) is 4.79 Å². The zero-order chi connectivity index (χ0) is 27.9. The van der Waals surface area contributed by atoms with Crippen molar-refractivity contribution in [3.63, 3.8) is 0 Å². The number of halogens is 1. The summed E-state index contributed by atoms with van der Waals surface area (Å²) in [7, 11) is -2.75. The second-order valence-corrected chi connectivity index (χ2v) is 13.2. The summed E-state index contributed by atoms with van der Waals surface area (Å²) in [5, 5.41) is 9.93. The Kier molecular flexibility index (Phi) is 10.5. The van der Waals surface area contributed by atoms with Crippen molar-refractivity contribution in [1.29, 1.82) is 0 Å². The van der Waals surface area contributed by atoms with Gasteiger partial charge < -0.3 is 18.0 Å². The number of aromatic nitrogens is 3. The van der Waals surface area contributed by atoms with E-state index in [1.54, 1.807) is 19.1 Å². The van der Waals surface area contributed by atoms with Crippen LogP contribution in [0.2, 0.25) is 11.1 Å². The zero-order valence-corrected chi connectivity index (χ0v) is 25.4. The van der Waals surface area contributed by atoms with Crippen molar-refractivity contribution in [2.45, 2.75) is 79.2 Å². The van der Waals surface area contributed by atoms with Crippen molar-refractivity contribution in [3.05, 3.63) is 46.5 Å². The standard InChI is InChI=1S/C28H40ClN3O5Si/c1-8-26(33)37-27-22(28(5,6)7)17-20(13-12-16-38(34-9-2,35-10-3)36-11-4)18-25(27)32-30-23-15-14-21(29)19-24(23)31-32/h14-15,17-19H,8-13,16H2,1-7H3. The third kappa shape index (κ3) is 7.42. The van der Waals surface area contributed by atoms with E-state index in [1.807, 2.05) is 32.9 Å². The highest BCUT2D eigenvalue weighted by atomic mass is 35.5. The smallest absolute Gasteiger partial charge is 0.424 e. The van der Waals surface area contributed by atoms with Gasteiger partial charge in [0.2, 0.25) is 0 Å². The molecule has 8 nitrogen and oxygen atoms in total. The summed E-state index contributed by atoms with van der Waals surface area (Å²) in [6.45, 7) is 15.6. The summed E-state index contributed by atoms with van der Waals surface area (Å²) in [6, 6.07) is 10.2. The predicted molar refractivity (Wildman–Crippen MR) is 152 cm³/mol. The van der Waals surface area contributed by atoms with E-state index in [4.69, 9.17) is 29.6 Å². The van der Waals surface area contributed by atoms with Crippen molar-refractivity contribution in [1.82, 2.24) is 15.0 Å². The van der Waals surface area contributed by atoms with Crippen LogP contribution < -0.4 is 4.74 Å². The molecule has 1 aromatic heterocycles. The third-order valence-corrected chi connectivity index (χ3v) is 9.43. The Balaban J connectivity index is 2.07. The van der Waals surface area contributed by atoms with Gasteiger partial charge in [-0.25, -0.2) is 0 Å². The van der Waals surface area contributed by atoms with E-state index >= 15 is 0 Å². The van der Waals surface area contributed by atoms with Gasteiger partial charge in [0.05, 0.1) is 0 Å². The lowest BCUT2D eigenvalue weighted by Crippen LogP contribution is -2.46. The van der Waals surface area contributed by atoms with Gasteiger partial charge in [0.1, 0.15) is 16.7 Å². The number of carbonyl (C=O) groups excluding carboxylic acids is 1. The number of hydrogen-bond acceptors (Lipinski definition) is 7. The summed E-state index contributed by atoms with van der Waals surface area (Å²) >= 11 is 6.19. The fourth-order valence-corrected chi connectivity index (χ4v) is 7.10. The molecule has 3 aromatic rings. The van der Waals surface area contributed by atoms with E-state index in [0.29, 0.717) is 53.4 Å². The molecule has 0 aliphatic carbocycles. The molecule has 208 valence electrons. The van der Waals surface area contributed by atoms with Crippen LogP contribution in [0.4, 0.5) is 0 Å². The maximum Gasteiger partial charge on any atom is 0.500 e. The maximum absolute atomic E-state index is 12.5. The fourth-order valence-electron chi connectivity index (χ4n) is 4.32. The zero-order valence-electron chi connectivity index (χ0n) is 23.6. The number of fused-ring (bicyclic) bond motifs is 1. The molecule has 3 rings (SSSR count). The number of nitrogens with zero attached hydrogens (tertiary/aromatic N) is 3. The quantitative estimate of drug-likeness (QED) is 0.131. The van der Waals surface area contributed by atoms with Gasteiger partial charge in [0, 0.05) is 42.9 Å². The SMILES string of the molecule is CCO[Si](CCCc1cc(-n2nc3ccc(Cl)cc3n2)c(OC(=O)CC)c(C(C)(C)C)c1)(OCC)OCC. The molecule has 0 N–H and O–H groups in total. The Morgan fingerprint density at radius 1 is 0.947 bits per heavy atom. The van der Waals surface area contributed by atoms with Gasteiger partial charge >= 0.3 is 14.8 Å². The van der Waals surface area contributed by atoms with E-state index < -0.39 is 8.80 Å². The van der Waals surface area contributed by atoms with Crippen LogP contribution in [-0.4, -0.2) is 49.6 Å². The van der Waals surface area contributed by atoms with Crippen molar-refractivity contribution in [2.24, 2.45) is 0 Å². The molecule has 0 saturated heterocycles. The molecule has 0 amide bonds. The average molecular weight is 562 g/mol. The van der Waals surface area contributed by atoms with Crippen LogP contribution in [0.3, 0.4) is 0 Å². The lowest BCUT2D eigenvalue weighted by molar-refractivity contribution is -0.134. The molecule has 0 unspecified atom stereocenters. The van der Waals surface area contributed by atoms with Gasteiger partial charge in [-0.2, -0.15) is 0 Å². The number of hydrogen-bond donors (Lipinski definition) is 0. The molecule has 0 fully saturated rings. The summed E-state index contributed by atoms with van der Waals surface area (Å²) < 4.78 is 24.0. The Labute approximate surface area is 231 Å². The monoisotopic (exact) mass is 561 g/mol. The molecule has 2 aromatic carbocycles. The molecule has 0 aliphatic rings. The molecule has 0 saturated carbocycles. The Hall–Kier alpha value is -2.30. The largest absolute Gasteiger partial charge is 0.500 e. The molecule has 38 heavy (non-hydrogen) atoms. The molecule has 0 aliphatic heterocycles. The van der Waals surface area contributed by atoms with Crippen LogP contribution in [0.15, 0.2) is 30.3 Å². The van der Waals surface area contributed by atoms with Crippen LogP contribution in [0.25, 0.3) is 16.7 Å². The summed E-state index contributed by atoms with van der Waals surface area (Å²) in [4.78, 5) is 14.0. The fraction of sp³-hybridized carbons (Fsp3) is 0.536. The van der Waals surface area contributed by atoms with Gasteiger partial charge in [-0.15, -0.1) is 15.0 Å². The first-order valence-corrected chi connectivity index (χ1v) is 15.7. The van der Waals surface area contributed by atoms with E-state index in [0.717, 1.165) is 24.0 Å². The van der Waals surface area contributed by atoms with Crippen molar-refractivity contribution in [3.8, 4) is 11.4 Å². The lowest BCUT2D eigenvalue weighted by Gasteiger charge is -2.28. The molecule has 0 bridgehead atoms. The van der Waals surface area contributed by atoms with Crippen LogP contribution in [0.5, 0.6) is 5.75 Å².